The van der Waals surface area contributed by atoms with Gasteiger partial charge in [-0.15, -0.1) is 0 Å². The fraction of sp³-hybridized carbons (Fsp3) is 0.300. The Morgan fingerprint density at radius 1 is 1.47 bits per heavy atom. The van der Waals surface area contributed by atoms with Gasteiger partial charge in [0.25, 0.3) is 5.78 Å². The van der Waals surface area contributed by atoms with Gasteiger partial charge in [0, 0.05) is 11.8 Å². The second kappa shape index (κ2) is 4.88. The lowest BCUT2D eigenvalue weighted by atomic mass is 10.2. The Bertz CT molecular complexity index is 638. The van der Waals surface area contributed by atoms with Crippen LogP contribution in [0.5, 0.6) is 0 Å². The van der Waals surface area contributed by atoms with Gasteiger partial charge in [0.15, 0.2) is 0 Å². The van der Waals surface area contributed by atoms with Crippen LogP contribution in [-0.4, -0.2) is 47.8 Å². The van der Waals surface area contributed by atoms with Crippen molar-refractivity contribution < 1.29 is 19.8 Å². The van der Waals surface area contributed by atoms with Crippen LogP contribution in [0, 0.1) is 6.92 Å². The molecule has 0 aliphatic rings. The van der Waals surface area contributed by atoms with Gasteiger partial charge in [0.1, 0.15) is 18.2 Å². The lowest BCUT2D eigenvalue weighted by molar-refractivity contribution is -0.144. The van der Waals surface area contributed by atoms with E-state index in [0.29, 0.717) is 17.3 Å². The van der Waals surface area contributed by atoms with Crippen LogP contribution in [0.1, 0.15) is 12.1 Å². The van der Waals surface area contributed by atoms with Crippen LogP contribution in [0.25, 0.3) is 5.78 Å². The van der Waals surface area contributed by atoms with Crippen LogP contribution in [0.3, 0.4) is 0 Å². The zero-order valence-corrected chi connectivity index (χ0v) is 9.94. The number of nitrogens with one attached hydrogen (secondary N) is 1. The molecule has 9 nitrogen and oxygen atoms in total. The summed E-state index contributed by atoms with van der Waals surface area (Å²) in [5, 5.41) is 24.2. The molecule has 2 aromatic heterocycles. The molecular weight excluding hydrogens is 254 g/mol. The van der Waals surface area contributed by atoms with E-state index in [1.165, 1.54) is 10.8 Å². The fourth-order valence-electron chi connectivity index (χ4n) is 1.59. The minimum absolute atomic E-state index is 0.307. The van der Waals surface area contributed by atoms with Crippen molar-refractivity contribution in [3.63, 3.8) is 0 Å². The van der Waals surface area contributed by atoms with Crippen molar-refractivity contribution in [3.8, 4) is 0 Å². The van der Waals surface area contributed by atoms with Gasteiger partial charge in [0.05, 0.1) is 6.42 Å². The number of nitrogens with zero attached hydrogens (tertiary/aromatic N) is 4. The van der Waals surface area contributed by atoms with Gasteiger partial charge in [-0.25, -0.2) is 9.78 Å². The topological polar surface area (TPSA) is 130 Å². The summed E-state index contributed by atoms with van der Waals surface area (Å²) in [6, 6.07) is 0.311. The predicted octanol–water partition coefficient (Wildman–Crippen LogP) is -0.227. The molecule has 2 rings (SSSR count). The molecule has 0 amide bonds. The first kappa shape index (κ1) is 12.7. The van der Waals surface area contributed by atoms with E-state index in [2.05, 4.69) is 20.4 Å². The van der Waals surface area contributed by atoms with Gasteiger partial charge >= 0.3 is 11.9 Å². The number of carboxylic acids is 2. The van der Waals surface area contributed by atoms with Gasteiger partial charge in [-0.1, -0.05) is 0 Å². The Labute approximate surface area is 106 Å². The molecule has 2 aromatic rings. The molecule has 0 fully saturated rings. The molecule has 0 radical (unpaired) electrons. The van der Waals surface area contributed by atoms with E-state index < -0.39 is 24.4 Å². The standard InChI is InChI=1S/C10H11N5O4/c1-5-2-7(15-10(13-5)11-4-12-15)14-6(9(18)19)3-8(16)17/h2,4,6,14H,3H2,1H3,(H,16,17)(H,18,19). The Hall–Kier alpha value is -2.71. The van der Waals surface area contributed by atoms with Crippen LogP contribution in [0.15, 0.2) is 12.4 Å². The van der Waals surface area contributed by atoms with Gasteiger partial charge in [-0.05, 0) is 6.92 Å². The highest BCUT2D eigenvalue weighted by atomic mass is 16.4. The molecule has 1 unspecified atom stereocenters. The zero-order chi connectivity index (χ0) is 14.0. The molecule has 0 aliphatic carbocycles. The maximum absolute atomic E-state index is 11.0. The van der Waals surface area contributed by atoms with Crippen molar-refractivity contribution in [3.05, 3.63) is 18.1 Å². The normalized spacial score (nSPS) is 12.3. The average Bonchev–Trinajstić information content (AvgIpc) is 2.75. The third-order valence-corrected chi connectivity index (χ3v) is 2.38. The minimum atomic E-state index is -1.26. The van der Waals surface area contributed by atoms with E-state index in [1.54, 1.807) is 13.0 Å². The smallest absolute Gasteiger partial charge is 0.326 e. The number of hydrogen-bond donors (Lipinski definition) is 3. The molecule has 1 atom stereocenters. The van der Waals surface area contributed by atoms with Crippen LogP contribution in [0.2, 0.25) is 0 Å². The van der Waals surface area contributed by atoms with Crippen molar-refractivity contribution in [2.24, 2.45) is 0 Å². The Kier molecular flexibility index (Phi) is 3.27. The van der Waals surface area contributed by atoms with Crippen molar-refractivity contribution in [1.82, 2.24) is 19.6 Å². The highest BCUT2D eigenvalue weighted by Crippen LogP contribution is 2.12. The number of carbonyl (C=O) groups is 2. The molecular formula is C10H11N5O4. The molecule has 0 saturated heterocycles. The zero-order valence-electron chi connectivity index (χ0n) is 9.94. The monoisotopic (exact) mass is 265 g/mol. The Balaban J connectivity index is 2.35. The molecule has 2 heterocycles. The maximum atomic E-state index is 11.0. The first-order chi connectivity index (χ1) is 8.97. The van der Waals surface area contributed by atoms with Crippen LogP contribution in [0.4, 0.5) is 5.82 Å². The SMILES string of the molecule is Cc1cc(NC(CC(=O)O)C(=O)O)n2ncnc2n1. The molecule has 19 heavy (non-hydrogen) atoms. The van der Waals surface area contributed by atoms with Crippen molar-refractivity contribution in [1.29, 1.82) is 0 Å². The van der Waals surface area contributed by atoms with E-state index in [9.17, 15) is 9.59 Å². The maximum Gasteiger partial charge on any atom is 0.326 e. The van der Waals surface area contributed by atoms with Gasteiger partial charge in [-0.3, -0.25) is 4.79 Å². The highest BCUT2D eigenvalue weighted by Gasteiger charge is 2.22. The van der Waals surface area contributed by atoms with Crippen molar-refractivity contribution >= 4 is 23.5 Å². The summed E-state index contributed by atoms with van der Waals surface area (Å²) in [5.41, 5.74) is 0.613. The summed E-state index contributed by atoms with van der Waals surface area (Å²) in [7, 11) is 0. The lowest BCUT2D eigenvalue weighted by Gasteiger charge is -2.14. The molecule has 0 saturated carbocycles. The van der Waals surface area contributed by atoms with Gasteiger partial charge in [-0.2, -0.15) is 14.6 Å². The summed E-state index contributed by atoms with van der Waals surface area (Å²) < 4.78 is 1.31. The van der Waals surface area contributed by atoms with Crippen molar-refractivity contribution in [2.45, 2.75) is 19.4 Å². The first-order valence-electron chi connectivity index (χ1n) is 5.36. The van der Waals surface area contributed by atoms with Crippen LogP contribution >= 0.6 is 0 Å². The largest absolute Gasteiger partial charge is 0.481 e. The summed E-state index contributed by atoms with van der Waals surface area (Å²) in [6.45, 7) is 1.72. The van der Waals surface area contributed by atoms with Gasteiger partial charge < -0.3 is 15.5 Å². The number of rotatable bonds is 5. The number of fused-ring (bicyclic) bond motifs is 1. The second-order valence-corrected chi connectivity index (χ2v) is 3.89. The number of hydrogen-bond acceptors (Lipinski definition) is 6. The second-order valence-electron chi connectivity index (χ2n) is 3.89. The van der Waals surface area contributed by atoms with E-state index >= 15 is 0 Å². The highest BCUT2D eigenvalue weighted by molar-refractivity contribution is 5.83. The quantitative estimate of drug-likeness (QED) is 0.676. The Morgan fingerprint density at radius 3 is 2.84 bits per heavy atom. The molecule has 0 aromatic carbocycles. The van der Waals surface area contributed by atoms with E-state index in [-0.39, 0.29) is 0 Å². The van der Waals surface area contributed by atoms with Crippen molar-refractivity contribution in [2.75, 3.05) is 5.32 Å². The number of aryl methyl sites for hydroxylation is 1. The van der Waals surface area contributed by atoms with E-state index in [1.807, 2.05) is 0 Å². The molecule has 0 bridgehead atoms. The number of carboxylic acid groups (broad SMARTS) is 2. The number of aliphatic carboxylic acids is 2. The molecule has 0 spiro atoms. The van der Waals surface area contributed by atoms with E-state index in [0.717, 1.165) is 0 Å². The van der Waals surface area contributed by atoms with E-state index in [4.69, 9.17) is 10.2 Å². The third-order valence-electron chi connectivity index (χ3n) is 2.38. The molecule has 100 valence electrons. The molecule has 0 aliphatic heterocycles. The molecule has 9 heteroatoms. The summed E-state index contributed by atoms with van der Waals surface area (Å²) in [4.78, 5) is 29.6. The fourth-order valence-corrected chi connectivity index (χ4v) is 1.59. The Morgan fingerprint density at radius 2 is 2.21 bits per heavy atom. The van der Waals surface area contributed by atoms with Crippen LogP contribution < -0.4 is 5.32 Å². The predicted molar refractivity (Wildman–Crippen MR) is 62.8 cm³/mol. The van der Waals surface area contributed by atoms with Gasteiger partial charge in [0.2, 0.25) is 0 Å². The first-order valence-corrected chi connectivity index (χ1v) is 5.36. The average molecular weight is 265 g/mol. The summed E-state index contributed by atoms with van der Waals surface area (Å²) >= 11 is 0. The number of aromatic nitrogens is 4. The summed E-state index contributed by atoms with van der Waals surface area (Å²) in [6.07, 6.45) is 0.729. The molecule has 3 N–H and O–H groups in total. The minimum Gasteiger partial charge on any atom is -0.481 e. The van der Waals surface area contributed by atoms with Crippen LogP contribution in [-0.2, 0) is 9.59 Å². The number of anilines is 1. The third kappa shape index (κ3) is 2.76. The lowest BCUT2D eigenvalue weighted by Crippen LogP contribution is -2.32. The summed E-state index contributed by atoms with van der Waals surface area (Å²) in [5.74, 6) is -1.83.